The molecule has 0 aromatic carbocycles. The molecule has 1 aromatic heterocycles. The summed E-state index contributed by atoms with van der Waals surface area (Å²) < 4.78 is 7.48. The van der Waals surface area contributed by atoms with Gasteiger partial charge in [0.25, 0.3) is 0 Å². The van der Waals surface area contributed by atoms with E-state index in [0.717, 1.165) is 57.2 Å². The summed E-state index contributed by atoms with van der Waals surface area (Å²) in [5, 5.41) is 11.3. The number of hydrogen-bond donors (Lipinski definition) is 1. The van der Waals surface area contributed by atoms with Gasteiger partial charge in [-0.1, -0.05) is 0 Å². The molecule has 116 valence electrons. The van der Waals surface area contributed by atoms with Crippen LogP contribution >= 0.6 is 0 Å². The number of fused-ring (bicyclic) bond motifs is 1. The molecular weight excluding hydrogens is 270 g/mol. The number of aromatic nitrogens is 3. The minimum Gasteiger partial charge on any atom is -0.381 e. The summed E-state index contributed by atoms with van der Waals surface area (Å²) in [5.74, 6) is 2.36. The molecule has 0 saturated carbocycles. The van der Waals surface area contributed by atoms with Crippen LogP contribution in [0.25, 0.3) is 0 Å². The first-order valence-electron chi connectivity index (χ1n) is 7.79. The van der Waals surface area contributed by atoms with Crippen molar-refractivity contribution in [2.75, 3.05) is 26.3 Å². The van der Waals surface area contributed by atoms with Crippen molar-refractivity contribution in [1.82, 2.24) is 25.0 Å². The molecule has 3 rings (SSSR count). The van der Waals surface area contributed by atoms with Crippen LogP contribution in [0.15, 0.2) is 0 Å². The van der Waals surface area contributed by atoms with Crippen molar-refractivity contribution in [3.63, 3.8) is 0 Å². The molecular formula is C14H23N5O2. The van der Waals surface area contributed by atoms with E-state index in [4.69, 9.17) is 4.74 Å². The molecule has 7 nitrogen and oxygen atoms in total. The number of urea groups is 1. The van der Waals surface area contributed by atoms with E-state index in [9.17, 15) is 4.79 Å². The summed E-state index contributed by atoms with van der Waals surface area (Å²) in [6, 6.07) is -0.0280. The predicted molar refractivity (Wildman–Crippen MR) is 76.8 cm³/mol. The van der Waals surface area contributed by atoms with Gasteiger partial charge in [0, 0.05) is 38.6 Å². The van der Waals surface area contributed by atoms with Gasteiger partial charge in [0.2, 0.25) is 0 Å². The highest BCUT2D eigenvalue weighted by molar-refractivity contribution is 5.74. The summed E-state index contributed by atoms with van der Waals surface area (Å²) in [7, 11) is 0. The summed E-state index contributed by atoms with van der Waals surface area (Å²) in [6.07, 6.45) is 3.15. The van der Waals surface area contributed by atoms with Crippen molar-refractivity contribution < 1.29 is 9.53 Å². The van der Waals surface area contributed by atoms with Gasteiger partial charge in [0.15, 0.2) is 5.82 Å². The van der Waals surface area contributed by atoms with Gasteiger partial charge >= 0.3 is 6.03 Å². The molecule has 2 aliphatic rings. The van der Waals surface area contributed by atoms with E-state index in [1.165, 1.54) is 0 Å². The Morgan fingerprint density at radius 2 is 2.43 bits per heavy atom. The number of carbonyl (C=O) groups excluding carboxylic acids is 1. The monoisotopic (exact) mass is 293 g/mol. The van der Waals surface area contributed by atoms with Crippen LogP contribution < -0.4 is 5.32 Å². The van der Waals surface area contributed by atoms with Crippen LogP contribution in [0.4, 0.5) is 4.79 Å². The summed E-state index contributed by atoms with van der Waals surface area (Å²) >= 11 is 0. The molecule has 0 radical (unpaired) electrons. The van der Waals surface area contributed by atoms with E-state index in [-0.39, 0.29) is 6.03 Å². The Morgan fingerprint density at radius 1 is 1.52 bits per heavy atom. The van der Waals surface area contributed by atoms with Gasteiger partial charge in [-0.15, -0.1) is 10.2 Å². The van der Waals surface area contributed by atoms with Gasteiger partial charge in [-0.05, 0) is 19.8 Å². The maximum absolute atomic E-state index is 12.3. The first-order chi connectivity index (χ1) is 10.3. The zero-order chi connectivity index (χ0) is 14.7. The van der Waals surface area contributed by atoms with Crippen LogP contribution in [-0.4, -0.2) is 52.0 Å². The summed E-state index contributed by atoms with van der Waals surface area (Å²) in [6.45, 7) is 6.47. The quantitative estimate of drug-likeness (QED) is 0.871. The van der Waals surface area contributed by atoms with E-state index < -0.39 is 0 Å². The van der Waals surface area contributed by atoms with Crippen LogP contribution in [0, 0.1) is 5.92 Å². The lowest BCUT2D eigenvalue weighted by molar-refractivity contribution is 0.166. The van der Waals surface area contributed by atoms with E-state index in [2.05, 4.69) is 20.1 Å². The molecule has 0 bridgehead atoms. The lowest BCUT2D eigenvalue weighted by Crippen LogP contribution is -2.42. The minimum absolute atomic E-state index is 0.0280. The molecule has 0 aliphatic carbocycles. The SMILES string of the molecule is CCN(CC1CCOC1)C(=O)NCc1nnc2n1CCC2. The molecule has 21 heavy (non-hydrogen) atoms. The molecule has 1 unspecified atom stereocenters. The average Bonchev–Trinajstić information content (AvgIpc) is 3.20. The number of nitrogens with zero attached hydrogens (tertiary/aromatic N) is 4. The van der Waals surface area contributed by atoms with Crippen LogP contribution in [0.3, 0.4) is 0 Å². The Labute approximate surface area is 124 Å². The topological polar surface area (TPSA) is 72.3 Å². The number of nitrogens with one attached hydrogen (secondary N) is 1. The third-order valence-corrected chi connectivity index (χ3v) is 4.26. The number of aryl methyl sites for hydroxylation is 1. The molecule has 0 spiro atoms. The lowest BCUT2D eigenvalue weighted by atomic mass is 10.1. The second-order valence-electron chi connectivity index (χ2n) is 5.71. The van der Waals surface area contributed by atoms with E-state index in [1.54, 1.807) is 0 Å². The Hall–Kier alpha value is -1.63. The largest absolute Gasteiger partial charge is 0.381 e. The van der Waals surface area contributed by atoms with Crippen molar-refractivity contribution in [3.05, 3.63) is 11.6 Å². The molecule has 2 amide bonds. The number of hydrogen-bond acceptors (Lipinski definition) is 4. The molecule has 1 saturated heterocycles. The summed E-state index contributed by atoms with van der Waals surface area (Å²) in [4.78, 5) is 14.1. The third-order valence-electron chi connectivity index (χ3n) is 4.26. The number of ether oxygens (including phenoxy) is 1. The van der Waals surface area contributed by atoms with Crippen LogP contribution in [0.1, 0.15) is 31.4 Å². The summed E-state index contributed by atoms with van der Waals surface area (Å²) in [5.41, 5.74) is 0. The highest BCUT2D eigenvalue weighted by Crippen LogP contribution is 2.15. The Morgan fingerprint density at radius 3 is 3.19 bits per heavy atom. The Balaban J connectivity index is 1.52. The smallest absolute Gasteiger partial charge is 0.317 e. The van der Waals surface area contributed by atoms with Crippen molar-refractivity contribution in [1.29, 1.82) is 0 Å². The van der Waals surface area contributed by atoms with Gasteiger partial charge < -0.3 is 19.5 Å². The van der Waals surface area contributed by atoms with E-state index >= 15 is 0 Å². The molecule has 1 N–H and O–H groups in total. The maximum Gasteiger partial charge on any atom is 0.317 e. The zero-order valence-corrected chi connectivity index (χ0v) is 12.5. The van der Waals surface area contributed by atoms with Crippen LogP contribution in [0.5, 0.6) is 0 Å². The highest BCUT2D eigenvalue weighted by Gasteiger charge is 2.22. The van der Waals surface area contributed by atoms with Gasteiger partial charge in [-0.25, -0.2) is 4.79 Å². The Bertz CT molecular complexity index is 496. The molecule has 3 heterocycles. The normalized spacial score (nSPS) is 20.5. The number of rotatable bonds is 5. The fourth-order valence-electron chi connectivity index (χ4n) is 3.00. The molecule has 2 aliphatic heterocycles. The fourth-order valence-corrected chi connectivity index (χ4v) is 3.00. The molecule has 1 fully saturated rings. The third kappa shape index (κ3) is 3.18. The second-order valence-corrected chi connectivity index (χ2v) is 5.71. The maximum atomic E-state index is 12.3. The van der Waals surface area contributed by atoms with Crippen molar-refractivity contribution in [2.24, 2.45) is 5.92 Å². The van der Waals surface area contributed by atoms with Gasteiger partial charge in [-0.3, -0.25) is 0 Å². The van der Waals surface area contributed by atoms with E-state index in [1.807, 2.05) is 11.8 Å². The Kier molecular flexibility index (Phi) is 4.38. The molecule has 1 atom stereocenters. The van der Waals surface area contributed by atoms with Crippen molar-refractivity contribution in [3.8, 4) is 0 Å². The van der Waals surface area contributed by atoms with Gasteiger partial charge in [0.1, 0.15) is 5.82 Å². The highest BCUT2D eigenvalue weighted by atomic mass is 16.5. The lowest BCUT2D eigenvalue weighted by Gasteiger charge is -2.23. The fraction of sp³-hybridized carbons (Fsp3) is 0.786. The zero-order valence-electron chi connectivity index (χ0n) is 12.5. The molecule has 7 heteroatoms. The number of carbonyl (C=O) groups is 1. The second kappa shape index (κ2) is 6.43. The standard InChI is InChI=1S/C14H23N5O2/c1-2-18(9-11-5-7-21-10-11)14(20)15-8-13-17-16-12-4-3-6-19(12)13/h11H,2-10H2,1H3,(H,15,20). The van der Waals surface area contributed by atoms with Crippen LogP contribution in [0.2, 0.25) is 0 Å². The first-order valence-corrected chi connectivity index (χ1v) is 7.79. The number of amides is 2. The predicted octanol–water partition coefficient (Wildman–Crippen LogP) is 0.792. The molecule has 1 aromatic rings. The first kappa shape index (κ1) is 14.3. The minimum atomic E-state index is -0.0280. The van der Waals surface area contributed by atoms with Gasteiger partial charge in [0.05, 0.1) is 13.2 Å². The average molecular weight is 293 g/mol. The van der Waals surface area contributed by atoms with E-state index in [0.29, 0.717) is 19.0 Å². The van der Waals surface area contributed by atoms with Crippen molar-refractivity contribution in [2.45, 2.75) is 39.3 Å². The van der Waals surface area contributed by atoms with Crippen LogP contribution in [-0.2, 0) is 24.2 Å². The van der Waals surface area contributed by atoms with Gasteiger partial charge in [-0.2, -0.15) is 0 Å². The van der Waals surface area contributed by atoms with Crippen molar-refractivity contribution >= 4 is 6.03 Å².